The van der Waals surface area contributed by atoms with E-state index in [0.29, 0.717) is 11.1 Å². The maximum absolute atomic E-state index is 13.9. The van der Waals surface area contributed by atoms with Crippen molar-refractivity contribution in [3.8, 4) is 0 Å². The second kappa shape index (κ2) is 3.87. The molecule has 0 saturated carbocycles. The molecule has 0 bridgehead atoms. The molecule has 0 aliphatic rings. The molecule has 2 aromatic rings. The predicted octanol–water partition coefficient (Wildman–Crippen LogP) is 2.92. The van der Waals surface area contributed by atoms with E-state index in [1.54, 1.807) is 25.1 Å². The van der Waals surface area contributed by atoms with Crippen LogP contribution in [0.2, 0.25) is 0 Å². The summed E-state index contributed by atoms with van der Waals surface area (Å²) in [5.41, 5.74) is 6.56. The summed E-state index contributed by atoms with van der Waals surface area (Å²) >= 11 is 0. The van der Waals surface area contributed by atoms with Crippen LogP contribution < -0.4 is 5.73 Å². The Bertz CT molecular complexity index is 503. The van der Waals surface area contributed by atoms with Gasteiger partial charge in [0.25, 0.3) is 5.92 Å². The van der Waals surface area contributed by atoms with Gasteiger partial charge in [0.2, 0.25) is 0 Å². The Balaban J connectivity index is 2.63. The number of rotatable bonds is 3. The number of nitrogens with two attached hydrogens (primary N) is 1. The summed E-state index contributed by atoms with van der Waals surface area (Å²) in [6.07, 6.45) is -0.324. The molecular weight excluding hydrogens is 210 g/mol. The number of aryl methyl sites for hydroxylation is 1. The first-order valence-electron chi connectivity index (χ1n) is 5.22. The van der Waals surface area contributed by atoms with Gasteiger partial charge in [0.1, 0.15) is 0 Å². The first-order valence-corrected chi connectivity index (χ1v) is 5.22. The van der Waals surface area contributed by atoms with E-state index in [-0.39, 0.29) is 18.5 Å². The minimum atomic E-state index is -2.86. The molecule has 0 spiro atoms. The molecule has 16 heavy (non-hydrogen) atoms. The third kappa shape index (κ3) is 1.69. The van der Waals surface area contributed by atoms with Crippen molar-refractivity contribution in [2.45, 2.75) is 19.3 Å². The molecule has 0 amide bonds. The maximum atomic E-state index is 13.9. The van der Waals surface area contributed by atoms with Crippen molar-refractivity contribution in [3.05, 3.63) is 35.5 Å². The van der Waals surface area contributed by atoms with Crippen molar-refractivity contribution >= 4 is 10.9 Å². The van der Waals surface area contributed by atoms with E-state index in [2.05, 4.69) is 4.98 Å². The summed E-state index contributed by atoms with van der Waals surface area (Å²) in [7, 11) is 0. The molecule has 0 saturated heterocycles. The third-order valence-corrected chi connectivity index (χ3v) is 2.72. The molecule has 3 N–H and O–H groups in total. The van der Waals surface area contributed by atoms with E-state index in [4.69, 9.17) is 5.73 Å². The lowest BCUT2D eigenvalue weighted by molar-refractivity contribution is -0.00972. The summed E-state index contributed by atoms with van der Waals surface area (Å²) in [5.74, 6) is -2.86. The van der Waals surface area contributed by atoms with Gasteiger partial charge in [0.15, 0.2) is 0 Å². The summed E-state index contributed by atoms with van der Waals surface area (Å²) < 4.78 is 27.8. The molecule has 1 heterocycles. The van der Waals surface area contributed by atoms with E-state index in [9.17, 15) is 8.78 Å². The zero-order valence-corrected chi connectivity index (χ0v) is 9.06. The van der Waals surface area contributed by atoms with E-state index in [1.807, 2.05) is 6.07 Å². The molecule has 0 unspecified atom stereocenters. The second-order valence-corrected chi connectivity index (χ2v) is 3.91. The molecule has 0 aliphatic carbocycles. The van der Waals surface area contributed by atoms with Crippen LogP contribution in [-0.2, 0) is 5.92 Å². The fourth-order valence-corrected chi connectivity index (χ4v) is 2.05. The van der Waals surface area contributed by atoms with Gasteiger partial charge in [-0.3, -0.25) is 0 Å². The number of aromatic amines is 1. The van der Waals surface area contributed by atoms with Crippen LogP contribution in [-0.4, -0.2) is 11.5 Å². The van der Waals surface area contributed by atoms with E-state index >= 15 is 0 Å². The standard InChI is InChI=1S/C12H14F2N2/c1-8-11(12(13,14)6-7-15)9-4-2-3-5-10(9)16-8/h2-5,16H,6-7,15H2,1H3. The molecule has 1 aromatic heterocycles. The average molecular weight is 224 g/mol. The lowest BCUT2D eigenvalue weighted by Gasteiger charge is -2.15. The van der Waals surface area contributed by atoms with Crippen LogP contribution in [0.1, 0.15) is 17.7 Å². The van der Waals surface area contributed by atoms with Crippen LogP contribution in [0.5, 0.6) is 0 Å². The summed E-state index contributed by atoms with van der Waals surface area (Å²) in [5, 5.41) is 0.582. The van der Waals surface area contributed by atoms with Crippen molar-refractivity contribution in [2.24, 2.45) is 5.73 Å². The van der Waals surface area contributed by atoms with E-state index in [0.717, 1.165) is 5.52 Å². The fraction of sp³-hybridized carbons (Fsp3) is 0.333. The highest BCUT2D eigenvalue weighted by Crippen LogP contribution is 2.38. The van der Waals surface area contributed by atoms with Crippen molar-refractivity contribution < 1.29 is 8.78 Å². The van der Waals surface area contributed by atoms with Crippen molar-refractivity contribution in [2.75, 3.05) is 6.54 Å². The van der Waals surface area contributed by atoms with Gasteiger partial charge in [-0.2, -0.15) is 0 Å². The fourth-order valence-electron chi connectivity index (χ4n) is 2.05. The van der Waals surface area contributed by atoms with Gasteiger partial charge in [-0.05, 0) is 19.5 Å². The van der Waals surface area contributed by atoms with Gasteiger partial charge >= 0.3 is 0 Å². The van der Waals surface area contributed by atoms with Crippen molar-refractivity contribution in [1.82, 2.24) is 4.98 Å². The minimum Gasteiger partial charge on any atom is -0.358 e. The quantitative estimate of drug-likeness (QED) is 0.827. The zero-order valence-electron chi connectivity index (χ0n) is 9.06. The number of fused-ring (bicyclic) bond motifs is 1. The number of H-pyrrole nitrogens is 1. The summed E-state index contributed by atoms with van der Waals surface area (Å²) in [6, 6.07) is 7.09. The minimum absolute atomic E-state index is 0.0219. The van der Waals surface area contributed by atoms with Gasteiger partial charge in [-0.1, -0.05) is 18.2 Å². The molecule has 2 rings (SSSR count). The smallest absolute Gasteiger partial charge is 0.276 e. The normalized spacial score (nSPS) is 12.2. The highest BCUT2D eigenvalue weighted by molar-refractivity contribution is 5.85. The Morgan fingerprint density at radius 2 is 2.00 bits per heavy atom. The SMILES string of the molecule is Cc1[nH]c2ccccc2c1C(F)(F)CCN. The first kappa shape index (κ1) is 11.1. The van der Waals surface area contributed by atoms with Crippen LogP contribution >= 0.6 is 0 Å². The Hall–Kier alpha value is -1.42. The topological polar surface area (TPSA) is 41.8 Å². The molecule has 0 radical (unpaired) electrons. The van der Waals surface area contributed by atoms with E-state index in [1.165, 1.54) is 0 Å². The Morgan fingerprint density at radius 1 is 1.31 bits per heavy atom. The number of alkyl halides is 2. The van der Waals surface area contributed by atoms with Crippen molar-refractivity contribution in [1.29, 1.82) is 0 Å². The van der Waals surface area contributed by atoms with Crippen LogP contribution in [0, 0.1) is 6.92 Å². The average Bonchev–Trinajstić information content (AvgIpc) is 2.53. The number of aromatic nitrogens is 1. The first-order chi connectivity index (χ1) is 7.56. The maximum Gasteiger partial charge on any atom is 0.276 e. The van der Waals surface area contributed by atoms with Gasteiger partial charge in [-0.25, -0.2) is 8.78 Å². The third-order valence-electron chi connectivity index (χ3n) is 2.72. The highest BCUT2D eigenvalue weighted by atomic mass is 19.3. The van der Waals surface area contributed by atoms with Crippen molar-refractivity contribution in [3.63, 3.8) is 0 Å². The molecule has 86 valence electrons. The lowest BCUT2D eigenvalue weighted by Crippen LogP contribution is -2.19. The Kier molecular flexibility index (Phi) is 2.68. The highest BCUT2D eigenvalue weighted by Gasteiger charge is 2.34. The number of hydrogen-bond donors (Lipinski definition) is 2. The Labute approximate surface area is 92.5 Å². The molecule has 4 heteroatoms. The molecular formula is C12H14F2N2. The van der Waals surface area contributed by atoms with Crippen LogP contribution in [0.4, 0.5) is 8.78 Å². The summed E-state index contributed by atoms with van der Waals surface area (Å²) in [6.45, 7) is 1.64. The van der Waals surface area contributed by atoms with Crippen LogP contribution in [0.15, 0.2) is 24.3 Å². The monoisotopic (exact) mass is 224 g/mol. The zero-order chi connectivity index (χ0) is 11.8. The van der Waals surface area contributed by atoms with E-state index < -0.39 is 5.92 Å². The second-order valence-electron chi connectivity index (χ2n) is 3.91. The number of para-hydroxylation sites is 1. The summed E-state index contributed by atoms with van der Waals surface area (Å²) in [4.78, 5) is 2.97. The Morgan fingerprint density at radius 3 is 2.69 bits per heavy atom. The lowest BCUT2D eigenvalue weighted by atomic mass is 10.0. The van der Waals surface area contributed by atoms with Crippen LogP contribution in [0.25, 0.3) is 10.9 Å². The number of hydrogen-bond acceptors (Lipinski definition) is 1. The van der Waals surface area contributed by atoms with Gasteiger partial charge in [0, 0.05) is 28.6 Å². The number of nitrogens with one attached hydrogen (secondary N) is 1. The van der Waals surface area contributed by atoms with Gasteiger partial charge in [-0.15, -0.1) is 0 Å². The van der Waals surface area contributed by atoms with Crippen LogP contribution in [0.3, 0.4) is 0 Å². The van der Waals surface area contributed by atoms with Gasteiger partial charge < -0.3 is 10.7 Å². The molecule has 0 fully saturated rings. The molecule has 1 aromatic carbocycles. The molecule has 0 atom stereocenters. The molecule has 0 aliphatic heterocycles. The largest absolute Gasteiger partial charge is 0.358 e. The van der Waals surface area contributed by atoms with Gasteiger partial charge in [0.05, 0.1) is 0 Å². The predicted molar refractivity (Wildman–Crippen MR) is 60.6 cm³/mol. The molecule has 2 nitrogen and oxygen atoms in total. The number of benzene rings is 1. The number of halogens is 2.